The van der Waals surface area contributed by atoms with E-state index in [-0.39, 0.29) is 11.8 Å². The monoisotopic (exact) mass is 398 g/mol. The van der Waals surface area contributed by atoms with Gasteiger partial charge in [-0.25, -0.2) is 0 Å². The van der Waals surface area contributed by atoms with Crippen molar-refractivity contribution in [1.29, 1.82) is 0 Å². The molecule has 5 heteroatoms. The number of rotatable bonds is 9. The van der Waals surface area contributed by atoms with Crippen molar-refractivity contribution >= 4 is 23.6 Å². The third-order valence-electron chi connectivity index (χ3n) is 4.57. The van der Waals surface area contributed by atoms with E-state index in [1.54, 1.807) is 23.6 Å². The number of likely N-dealkylation sites (N-methyl/N-ethyl adjacent to an activating group) is 1. The van der Waals surface area contributed by atoms with Crippen molar-refractivity contribution in [2.45, 2.75) is 46.0 Å². The minimum Gasteiger partial charge on any atom is -0.355 e. The first-order valence-corrected chi connectivity index (χ1v) is 10.8. The summed E-state index contributed by atoms with van der Waals surface area (Å²) in [4.78, 5) is 27.0. The Balaban J connectivity index is 2.04. The number of nitrogens with one attached hydrogen (secondary N) is 1. The number of amides is 2. The molecule has 28 heavy (non-hydrogen) atoms. The van der Waals surface area contributed by atoms with Crippen LogP contribution in [-0.4, -0.2) is 35.1 Å². The van der Waals surface area contributed by atoms with Gasteiger partial charge in [-0.2, -0.15) is 0 Å². The molecular formula is C23H30N2O2S. The summed E-state index contributed by atoms with van der Waals surface area (Å²) in [6.07, 6.45) is 0. The second-order valence-corrected chi connectivity index (χ2v) is 8.05. The summed E-state index contributed by atoms with van der Waals surface area (Å²) in [6.45, 7) is 8.76. The summed E-state index contributed by atoms with van der Waals surface area (Å²) >= 11 is 1.58. The molecule has 0 aliphatic carbocycles. The molecular weight excluding hydrogens is 368 g/mol. The van der Waals surface area contributed by atoms with Crippen molar-refractivity contribution in [3.8, 4) is 0 Å². The normalized spacial score (nSPS) is 11.7. The van der Waals surface area contributed by atoms with Crippen LogP contribution in [0.5, 0.6) is 0 Å². The molecule has 2 amide bonds. The maximum Gasteiger partial charge on any atom is 0.242 e. The summed E-state index contributed by atoms with van der Waals surface area (Å²) < 4.78 is 0. The highest BCUT2D eigenvalue weighted by Gasteiger charge is 2.25. The molecule has 2 rings (SSSR count). The van der Waals surface area contributed by atoms with E-state index >= 15 is 0 Å². The van der Waals surface area contributed by atoms with Crippen LogP contribution in [0.15, 0.2) is 48.5 Å². The molecule has 0 fully saturated rings. The molecule has 0 bridgehead atoms. The third-order valence-corrected chi connectivity index (χ3v) is 5.56. The number of thioether (sulfide) groups is 1. The molecule has 1 N–H and O–H groups in total. The van der Waals surface area contributed by atoms with E-state index in [0.717, 1.165) is 16.9 Å². The lowest BCUT2D eigenvalue weighted by atomic mass is 10.1. The fourth-order valence-corrected chi connectivity index (χ4v) is 3.81. The van der Waals surface area contributed by atoms with Gasteiger partial charge in [-0.05, 0) is 38.8 Å². The molecule has 0 spiro atoms. The molecule has 2 aromatic carbocycles. The second-order valence-electron chi connectivity index (χ2n) is 7.06. The SMILES string of the molecule is CCNC(=O)[C@H](C)N(Cc1cccc(C)c1)C(=O)CSCc1ccc(C)cc1. The molecule has 0 aromatic heterocycles. The lowest BCUT2D eigenvalue weighted by Gasteiger charge is -2.28. The molecule has 1 atom stereocenters. The molecule has 0 aliphatic heterocycles. The molecule has 150 valence electrons. The van der Waals surface area contributed by atoms with Crippen LogP contribution in [-0.2, 0) is 21.9 Å². The van der Waals surface area contributed by atoms with E-state index in [2.05, 4.69) is 42.6 Å². The molecule has 0 radical (unpaired) electrons. The van der Waals surface area contributed by atoms with E-state index in [4.69, 9.17) is 0 Å². The van der Waals surface area contributed by atoms with Gasteiger partial charge in [0.05, 0.1) is 5.75 Å². The lowest BCUT2D eigenvalue weighted by molar-refractivity contribution is -0.138. The first-order chi connectivity index (χ1) is 13.4. The number of nitrogens with zero attached hydrogens (tertiary/aromatic N) is 1. The maximum absolute atomic E-state index is 13.0. The summed E-state index contributed by atoms with van der Waals surface area (Å²) in [6, 6.07) is 15.9. The Morgan fingerprint density at radius 1 is 1.04 bits per heavy atom. The van der Waals surface area contributed by atoms with Crippen molar-refractivity contribution < 1.29 is 9.59 Å². The van der Waals surface area contributed by atoms with Crippen LogP contribution >= 0.6 is 11.8 Å². The van der Waals surface area contributed by atoms with Crippen LogP contribution in [0.4, 0.5) is 0 Å². The molecule has 0 unspecified atom stereocenters. The van der Waals surface area contributed by atoms with Crippen LogP contribution < -0.4 is 5.32 Å². The van der Waals surface area contributed by atoms with Crippen LogP contribution in [0, 0.1) is 13.8 Å². The van der Waals surface area contributed by atoms with Crippen LogP contribution in [0.2, 0.25) is 0 Å². The van der Waals surface area contributed by atoms with E-state index in [1.807, 2.05) is 32.0 Å². The fourth-order valence-electron chi connectivity index (χ4n) is 2.94. The molecule has 0 aliphatic rings. The second kappa shape index (κ2) is 10.9. The average Bonchev–Trinajstić information content (AvgIpc) is 2.67. The van der Waals surface area contributed by atoms with E-state index < -0.39 is 6.04 Å². The zero-order valence-corrected chi connectivity index (χ0v) is 18.0. The Bertz CT molecular complexity index is 789. The summed E-state index contributed by atoms with van der Waals surface area (Å²) in [5.74, 6) is 0.993. The Morgan fingerprint density at radius 3 is 2.39 bits per heavy atom. The van der Waals surface area contributed by atoms with Gasteiger partial charge in [0.15, 0.2) is 0 Å². The number of carbonyl (C=O) groups is 2. The first kappa shape index (κ1) is 22.0. The molecule has 0 saturated heterocycles. The highest BCUT2D eigenvalue weighted by Crippen LogP contribution is 2.17. The Labute approximate surface area is 172 Å². The highest BCUT2D eigenvalue weighted by molar-refractivity contribution is 7.99. The van der Waals surface area contributed by atoms with Gasteiger partial charge in [0.2, 0.25) is 11.8 Å². The van der Waals surface area contributed by atoms with Crippen LogP contribution in [0.1, 0.15) is 36.1 Å². The Morgan fingerprint density at radius 2 is 1.75 bits per heavy atom. The van der Waals surface area contributed by atoms with Gasteiger partial charge in [0.25, 0.3) is 0 Å². The van der Waals surface area contributed by atoms with Crippen molar-refractivity contribution in [1.82, 2.24) is 10.2 Å². The van der Waals surface area contributed by atoms with Crippen molar-refractivity contribution in [2.75, 3.05) is 12.3 Å². The number of hydrogen-bond donors (Lipinski definition) is 1. The molecule has 2 aromatic rings. The summed E-state index contributed by atoms with van der Waals surface area (Å²) in [5.41, 5.74) is 4.60. The van der Waals surface area contributed by atoms with Gasteiger partial charge >= 0.3 is 0 Å². The van der Waals surface area contributed by atoms with E-state index in [0.29, 0.717) is 18.8 Å². The van der Waals surface area contributed by atoms with Crippen LogP contribution in [0.25, 0.3) is 0 Å². The Hall–Kier alpha value is -2.27. The lowest BCUT2D eigenvalue weighted by Crippen LogP contribution is -2.48. The van der Waals surface area contributed by atoms with E-state index in [1.165, 1.54) is 11.1 Å². The molecule has 0 heterocycles. The topological polar surface area (TPSA) is 49.4 Å². The first-order valence-electron chi connectivity index (χ1n) is 9.66. The zero-order valence-electron chi connectivity index (χ0n) is 17.2. The number of aryl methyl sites for hydroxylation is 2. The van der Waals surface area contributed by atoms with Crippen molar-refractivity contribution in [3.63, 3.8) is 0 Å². The van der Waals surface area contributed by atoms with E-state index in [9.17, 15) is 9.59 Å². The zero-order chi connectivity index (χ0) is 20.5. The predicted octanol–water partition coefficient (Wildman–Crippen LogP) is 4.09. The standard InChI is InChI=1S/C23H30N2O2S/c1-5-24-23(27)19(4)25(14-21-8-6-7-18(3)13-21)22(26)16-28-15-20-11-9-17(2)10-12-20/h6-13,19H,5,14-16H2,1-4H3,(H,24,27)/t19-/m0/s1. The summed E-state index contributed by atoms with van der Waals surface area (Å²) in [7, 11) is 0. The number of carbonyl (C=O) groups excluding carboxylic acids is 2. The third kappa shape index (κ3) is 6.71. The number of hydrogen-bond acceptors (Lipinski definition) is 3. The largest absolute Gasteiger partial charge is 0.355 e. The van der Waals surface area contributed by atoms with Gasteiger partial charge in [-0.1, -0.05) is 59.7 Å². The quantitative estimate of drug-likeness (QED) is 0.692. The smallest absolute Gasteiger partial charge is 0.242 e. The van der Waals surface area contributed by atoms with Gasteiger partial charge in [0, 0.05) is 18.8 Å². The van der Waals surface area contributed by atoms with Gasteiger partial charge in [-0.3, -0.25) is 9.59 Å². The highest BCUT2D eigenvalue weighted by atomic mass is 32.2. The van der Waals surface area contributed by atoms with Gasteiger partial charge in [-0.15, -0.1) is 11.8 Å². The van der Waals surface area contributed by atoms with Gasteiger partial charge < -0.3 is 10.2 Å². The fraction of sp³-hybridized carbons (Fsp3) is 0.391. The van der Waals surface area contributed by atoms with Crippen LogP contribution in [0.3, 0.4) is 0 Å². The maximum atomic E-state index is 13.0. The minimum absolute atomic E-state index is 0.0163. The average molecular weight is 399 g/mol. The Kier molecular flexibility index (Phi) is 8.58. The predicted molar refractivity (Wildman–Crippen MR) is 117 cm³/mol. The number of benzene rings is 2. The summed E-state index contributed by atoms with van der Waals surface area (Å²) in [5, 5.41) is 2.83. The molecule has 4 nitrogen and oxygen atoms in total. The molecule has 0 saturated carbocycles. The van der Waals surface area contributed by atoms with Crippen molar-refractivity contribution in [2.24, 2.45) is 0 Å². The minimum atomic E-state index is -0.507. The van der Waals surface area contributed by atoms with Crippen molar-refractivity contribution in [3.05, 3.63) is 70.8 Å². The van der Waals surface area contributed by atoms with Gasteiger partial charge in [0.1, 0.15) is 6.04 Å².